The van der Waals surface area contributed by atoms with Gasteiger partial charge >= 0.3 is 0 Å². The van der Waals surface area contributed by atoms with Crippen molar-refractivity contribution in [2.75, 3.05) is 0 Å². The van der Waals surface area contributed by atoms with Crippen LogP contribution in [0.25, 0.3) is 0 Å². The topological polar surface area (TPSA) is 38.0 Å². The standard InChI is InChI=1S/C13H21FN2/c1-5-13(3,4)12(16-15)10-8-9(2)6-7-11(10)14/h6-8,12,16H,5,15H2,1-4H3. The number of hydrazine groups is 1. The summed E-state index contributed by atoms with van der Waals surface area (Å²) in [5.74, 6) is 5.37. The smallest absolute Gasteiger partial charge is 0.128 e. The van der Waals surface area contributed by atoms with E-state index in [1.165, 1.54) is 6.07 Å². The Labute approximate surface area is 97.0 Å². The number of benzene rings is 1. The Balaban J connectivity index is 3.18. The summed E-state index contributed by atoms with van der Waals surface area (Å²) in [6, 6.07) is 4.96. The van der Waals surface area contributed by atoms with E-state index >= 15 is 0 Å². The number of hydrogen-bond acceptors (Lipinski definition) is 2. The molecule has 0 aromatic heterocycles. The average molecular weight is 224 g/mol. The van der Waals surface area contributed by atoms with Gasteiger partial charge in [-0.15, -0.1) is 0 Å². The molecule has 0 aliphatic carbocycles. The molecule has 0 amide bonds. The number of rotatable bonds is 4. The van der Waals surface area contributed by atoms with Crippen LogP contribution in [0, 0.1) is 18.2 Å². The SMILES string of the molecule is CCC(C)(C)C(NN)c1cc(C)ccc1F. The quantitative estimate of drug-likeness (QED) is 0.609. The number of nitrogens with one attached hydrogen (secondary N) is 1. The minimum absolute atomic E-state index is 0.0800. The number of nitrogens with two attached hydrogens (primary N) is 1. The first kappa shape index (κ1) is 13.1. The molecule has 2 nitrogen and oxygen atoms in total. The molecule has 0 bridgehead atoms. The van der Waals surface area contributed by atoms with E-state index in [0.717, 1.165) is 12.0 Å². The highest BCUT2D eigenvalue weighted by molar-refractivity contribution is 5.28. The molecule has 1 unspecified atom stereocenters. The van der Waals surface area contributed by atoms with Crippen molar-refractivity contribution in [2.45, 2.75) is 40.2 Å². The van der Waals surface area contributed by atoms with Crippen molar-refractivity contribution in [1.82, 2.24) is 5.43 Å². The van der Waals surface area contributed by atoms with Crippen molar-refractivity contribution in [3.8, 4) is 0 Å². The third-order valence-electron chi connectivity index (χ3n) is 3.32. The second-order valence-electron chi connectivity index (χ2n) is 4.97. The second-order valence-corrected chi connectivity index (χ2v) is 4.97. The van der Waals surface area contributed by atoms with Crippen LogP contribution in [0.5, 0.6) is 0 Å². The fraction of sp³-hybridized carbons (Fsp3) is 0.538. The zero-order valence-corrected chi connectivity index (χ0v) is 10.5. The molecule has 1 aromatic rings. The van der Waals surface area contributed by atoms with E-state index < -0.39 is 0 Å². The Hall–Kier alpha value is -0.930. The molecule has 16 heavy (non-hydrogen) atoms. The molecule has 1 aromatic carbocycles. The molecular formula is C13H21FN2. The molecule has 1 rings (SSSR count). The zero-order chi connectivity index (χ0) is 12.3. The molecule has 0 spiro atoms. The molecule has 3 N–H and O–H groups in total. The first-order valence-corrected chi connectivity index (χ1v) is 5.64. The summed E-state index contributed by atoms with van der Waals surface area (Å²) in [4.78, 5) is 0. The summed E-state index contributed by atoms with van der Waals surface area (Å²) in [5.41, 5.74) is 4.35. The third kappa shape index (κ3) is 2.60. The van der Waals surface area contributed by atoms with Gasteiger partial charge in [0.2, 0.25) is 0 Å². The van der Waals surface area contributed by atoms with Crippen LogP contribution in [-0.4, -0.2) is 0 Å². The molecule has 0 aliphatic heterocycles. The minimum atomic E-state index is -0.199. The van der Waals surface area contributed by atoms with E-state index in [0.29, 0.717) is 5.56 Å². The van der Waals surface area contributed by atoms with Crippen LogP contribution < -0.4 is 11.3 Å². The summed E-state index contributed by atoms with van der Waals surface area (Å²) < 4.78 is 13.8. The predicted molar refractivity (Wildman–Crippen MR) is 65.3 cm³/mol. The van der Waals surface area contributed by atoms with Gasteiger partial charge in [0.15, 0.2) is 0 Å². The maximum Gasteiger partial charge on any atom is 0.128 e. The van der Waals surface area contributed by atoms with Gasteiger partial charge < -0.3 is 0 Å². The second kappa shape index (κ2) is 4.93. The molecule has 0 heterocycles. The van der Waals surface area contributed by atoms with Crippen LogP contribution in [-0.2, 0) is 0 Å². The first-order valence-electron chi connectivity index (χ1n) is 5.64. The van der Waals surface area contributed by atoms with Crippen molar-refractivity contribution in [1.29, 1.82) is 0 Å². The lowest BCUT2D eigenvalue weighted by Crippen LogP contribution is -2.38. The van der Waals surface area contributed by atoms with E-state index in [2.05, 4.69) is 26.2 Å². The fourth-order valence-corrected chi connectivity index (χ4v) is 1.82. The van der Waals surface area contributed by atoms with Crippen LogP contribution >= 0.6 is 0 Å². The van der Waals surface area contributed by atoms with Gasteiger partial charge in [0.25, 0.3) is 0 Å². The van der Waals surface area contributed by atoms with Crippen LogP contribution in [0.2, 0.25) is 0 Å². The predicted octanol–water partition coefficient (Wildman–Crippen LogP) is 3.07. The Bertz CT molecular complexity index is 361. The van der Waals surface area contributed by atoms with Crippen molar-refractivity contribution in [3.05, 3.63) is 35.1 Å². The highest BCUT2D eigenvalue weighted by Gasteiger charge is 2.30. The maximum absolute atomic E-state index is 13.8. The van der Waals surface area contributed by atoms with Gasteiger partial charge in [-0.25, -0.2) is 4.39 Å². The Kier molecular flexibility index (Phi) is 4.05. The lowest BCUT2D eigenvalue weighted by molar-refractivity contribution is 0.231. The van der Waals surface area contributed by atoms with Crippen LogP contribution in [0.1, 0.15) is 44.4 Å². The van der Waals surface area contributed by atoms with Gasteiger partial charge in [0.1, 0.15) is 5.82 Å². The van der Waals surface area contributed by atoms with Crippen LogP contribution in [0.15, 0.2) is 18.2 Å². The fourth-order valence-electron chi connectivity index (χ4n) is 1.82. The van der Waals surface area contributed by atoms with Gasteiger partial charge in [0, 0.05) is 5.56 Å². The summed E-state index contributed by atoms with van der Waals surface area (Å²) in [6.07, 6.45) is 0.926. The largest absolute Gasteiger partial charge is 0.271 e. The lowest BCUT2D eigenvalue weighted by Gasteiger charge is -2.33. The molecular weight excluding hydrogens is 203 g/mol. The Morgan fingerprint density at radius 1 is 1.44 bits per heavy atom. The first-order chi connectivity index (χ1) is 7.42. The summed E-state index contributed by atoms with van der Waals surface area (Å²) in [7, 11) is 0. The highest BCUT2D eigenvalue weighted by Crippen LogP contribution is 2.36. The van der Waals surface area contributed by atoms with E-state index in [4.69, 9.17) is 5.84 Å². The number of halogens is 1. The molecule has 0 radical (unpaired) electrons. The van der Waals surface area contributed by atoms with Gasteiger partial charge in [-0.1, -0.05) is 38.5 Å². The third-order valence-corrected chi connectivity index (χ3v) is 3.32. The zero-order valence-electron chi connectivity index (χ0n) is 10.5. The summed E-state index contributed by atoms with van der Waals surface area (Å²) in [6.45, 7) is 8.20. The maximum atomic E-state index is 13.8. The van der Waals surface area contributed by atoms with Gasteiger partial charge in [0.05, 0.1) is 6.04 Å². The summed E-state index contributed by atoms with van der Waals surface area (Å²) >= 11 is 0. The van der Waals surface area contributed by atoms with E-state index in [9.17, 15) is 4.39 Å². The van der Waals surface area contributed by atoms with Gasteiger partial charge in [-0.3, -0.25) is 11.3 Å². The highest BCUT2D eigenvalue weighted by atomic mass is 19.1. The molecule has 3 heteroatoms. The summed E-state index contributed by atoms with van der Waals surface area (Å²) in [5, 5.41) is 0. The Morgan fingerprint density at radius 3 is 2.56 bits per heavy atom. The normalized spacial score (nSPS) is 13.9. The monoisotopic (exact) mass is 224 g/mol. The molecule has 0 saturated heterocycles. The van der Waals surface area contributed by atoms with E-state index in [-0.39, 0.29) is 17.3 Å². The van der Waals surface area contributed by atoms with Crippen molar-refractivity contribution in [3.63, 3.8) is 0 Å². The van der Waals surface area contributed by atoms with E-state index in [1.807, 2.05) is 13.0 Å². The number of aryl methyl sites for hydroxylation is 1. The van der Waals surface area contributed by atoms with Crippen molar-refractivity contribution < 1.29 is 4.39 Å². The molecule has 0 fully saturated rings. The molecule has 90 valence electrons. The van der Waals surface area contributed by atoms with Crippen molar-refractivity contribution in [2.24, 2.45) is 11.3 Å². The number of hydrogen-bond donors (Lipinski definition) is 2. The molecule has 0 saturated carbocycles. The average Bonchev–Trinajstić information content (AvgIpc) is 2.24. The lowest BCUT2D eigenvalue weighted by atomic mass is 9.78. The van der Waals surface area contributed by atoms with Gasteiger partial charge in [-0.2, -0.15) is 0 Å². The van der Waals surface area contributed by atoms with Crippen LogP contribution in [0.4, 0.5) is 4.39 Å². The minimum Gasteiger partial charge on any atom is -0.271 e. The van der Waals surface area contributed by atoms with E-state index in [1.54, 1.807) is 6.07 Å². The van der Waals surface area contributed by atoms with Gasteiger partial charge in [-0.05, 0) is 24.8 Å². The molecule has 1 atom stereocenters. The molecule has 0 aliphatic rings. The Morgan fingerprint density at radius 2 is 2.06 bits per heavy atom. The van der Waals surface area contributed by atoms with Crippen LogP contribution in [0.3, 0.4) is 0 Å². The van der Waals surface area contributed by atoms with Crippen molar-refractivity contribution >= 4 is 0 Å².